The Balaban J connectivity index is 1.70. The van der Waals surface area contributed by atoms with Gasteiger partial charge in [-0.15, -0.1) is 0 Å². The molecule has 2 heterocycles. The van der Waals surface area contributed by atoms with E-state index < -0.39 is 0 Å². The predicted molar refractivity (Wildman–Crippen MR) is 92.3 cm³/mol. The minimum Gasteiger partial charge on any atom is -0.376 e. The fourth-order valence-electron chi connectivity index (χ4n) is 2.81. The van der Waals surface area contributed by atoms with Crippen molar-refractivity contribution in [3.8, 4) is 0 Å². The van der Waals surface area contributed by atoms with E-state index in [1.807, 2.05) is 36.1 Å². The van der Waals surface area contributed by atoms with Gasteiger partial charge in [-0.25, -0.2) is 4.98 Å². The largest absolute Gasteiger partial charge is 0.376 e. The van der Waals surface area contributed by atoms with Gasteiger partial charge in [0.05, 0.1) is 12.3 Å². The molecule has 0 radical (unpaired) electrons. The summed E-state index contributed by atoms with van der Waals surface area (Å²) < 4.78 is 5.65. The van der Waals surface area contributed by atoms with Crippen molar-refractivity contribution in [3.63, 3.8) is 0 Å². The number of hydrogen-bond acceptors (Lipinski definition) is 5. The lowest BCUT2D eigenvalue weighted by Gasteiger charge is -2.24. The summed E-state index contributed by atoms with van der Waals surface area (Å²) in [6, 6.07) is 7.45. The van der Waals surface area contributed by atoms with Crippen LogP contribution in [0.1, 0.15) is 30.1 Å². The lowest BCUT2D eigenvalue weighted by molar-refractivity contribution is 0.0539. The molecule has 1 fully saturated rings. The first kappa shape index (κ1) is 16.4. The number of nitrogens with one attached hydrogen (secondary N) is 1. The zero-order chi connectivity index (χ0) is 16.8. The van der Waals surface area contributed by atoms with Gasteiger partial charge >= 0.3 is 0 Å². The van der Waals surface area contributed by atoms with Gasteiger partial charge in [-0.3, -0.25) is 9.78 Å². The highest BCUT2D eigenvalue weighted by Gasteiger charge is 2.22. The van der Waals surface area contributed by atoms with Gasteiger partial charge in [-0.1, -0.05) is 6.07 Å². The molecule has 0 saturated carbocycles. The molecule has 24 heavy (non-hydrogen) atoms. The lowest BCUT2D eigenvalue weighted by Crippen LogP contribution is -2.37. The van der Waals surface area contributed by atoms with Crippen LogP contribution in [0.4, 0.5) is 11.5 Å². The van der Waals surface area contributed by atoms with Crippen molar-refractivity contribution in [1.29, 1.82) is 0 Å². The average Bonchev–Trinajstić information content (AvgIpc) is 3.13. The van der Waals surface area contributed by atoms with Crippen LogP contribution in [0.2, 0.25) is 0 Å². The van der Waals surface area contributed by atoms with E-state index in [1.54, 1.807) is 18.6 Å². The topological polar surface area (TPSA) is 67.3 Å². The summed E-state index contributed by atoms with van der Waals surface area (Å²) in [6.45, 7) is 4.11. The molecule has 2 aromatic rings. The molecule has 0 unspecified atom stereocenters. The van der Waals surface area contributed by atoms with E-state index in [0.29, 0.717) is 24.5 Å². The molecule has 1 N–H and O–H groups in total. The maximum Gasteiger partial charge on any atom is 0.254 e. The standard InChI is InChI=1S/C18H22N4O2/c1-2-22(13-16-7-4-10-24-16)18(23)14-5-3-6-15(11-14)21-17-12-19-8-9-20-17/h3,5-6,8-9,11-12,16H,2,4,7,10,13H2,1H3,(H,20,21)/t16-/m0/s1. The molecule has 0 spiro atoms. The summed E-state index contributed by atoms with van der Waals surface area (Å²) in [5.74, 6) is 0.671. The molecule has 1 saturated heterocycles. The number of carbonyl (C=O) groups excluding carboxylic acids is 1. The molecule has 1 aliphatic heterocycles. The van der Waals surface area contributed by atoms with E-state index in [0.717, 1.165) is 25.1 Å². The predicted octanol–water partition coefficient (Wildman–Crippen LogP) is 2.86. The Morgan fingerprint density at radius 3 is 3.04 bits per heavy atom. The number of rotatable bonds is 6. The lowest BCUT2D eigenvalue weighted by atomic mass is 10.1. The van der Waals surface area contributed by atoms with Crippen LogP contribution >= 0.6 is 0 Å². The summed E-state index contributed by atoms with van der Waals surface area (Å²) in [5, 5.41) is 3.16. The number of amides is 1. The van der Waals surface area contributed by atoms with Crippen LogP contribution in [0, 0.1) is 0 Å². The number of ether oxygens (including phenoxy) is 1. The third kappa shape index (κ3) is 4.08. The number of carbonyl (C=O) groups is 1. The van der Waals surface area contributed by atoms with Crippen LogP contribution in [0.5, 0.6) is 0 Å². The van der Waals surface area contributed by atoms with Gasteiger partial charge in [0.15, 0.2) is 0 Å². The smallest absolute Gasteiger partial charge is 0.254 e. The van der Waals surface area contributed by atoms with Crippen LogP contribution in [0.25, 0.3) is 0 Å². The van der Waals surface area contributed by atoms with E-state index in [2.05, 4.69) is 15.3 Å². The third-order valence-electron chi connectivity index (χ3n) is 4.06. The Hall–Kier alpha value is -2.47. The van der Waals surface area contributed by atoms with Crippen molar-refractivity contribution >= 4 is 17.4 Å². The summed E-state index contributed by atoms with van der Waals surface area (Å²) in [7, 11) is 0. The monoisotopic (exact) mass is 326 g/mol. The first-order chi connectivity index (χ1) is 11.8. The molecule has 0 bridgehead atoms. The SMILES string of the molecule is CCN(C[C@@H]1CCCO1)C(=O)c1cccc(Nc2cnccn2)c1. The highest BCUT2D eigenvalue weighted by atomic mass is 16.5. The highest BCUT2D eigenvalue weighted by Crippen LogP contribution is 2.18. The Morgan fingerprint density at radius 2 is 2.33 bits per heavy atom. The minimum absolute atomic E-state index is 0.0239. The summed E-state index contributed by atoms with van der Waals surface area (Å²) in [4.78, 5) is 22.8. The van der Waals surface area contributed by atoms with Crippen molar-refractivity contribution in [2.75, 3.05) is 25.0 Å². The third-order valence-corrected chi connectivity index (χ3v) is 4.06. The Morgan fingerprint density at radius 1 is 1.42 bits per heavy atom. The van der Waals surface area contributed by atoms with Crippen LogP contribution in [0.3, 0.4) is 0 Å². The van der Waals surface area contributed by atoms with Crippen molar-refractivity contribution in [2.24, 2.45) is 0 Å². The summed E-state index contributed by atoms with van der Waals surface area (Å²) in [6.07, 6.45) is 7.15. The van der Waals surface area contributed by atoms with Crippen molar-refractivity contribution in [2.45, 2.75) is 25.9 Å². The molecule has 1 amide bonds. The van der Waals surface area contributed by atoms with E-state index in [4.69, 9.17) is 4.74 Å². The molecule has 1 atom stereocenters. The number of likely N-dealkylation sites (N-methyl/N-ethyl adjacent to an activating group) is 1. The van der Waals surface area contributed by atoms with E-state index >= 15 is 0 Å². The molecular formula is C18H22N4O2. The van der Waals surface area contributed by atoms with Crippen molar-refractivity contribution in [1.82, 2.24) is 14.9 Å². The molecule has 3 rings (SSSR count). The Labute approximate surface area is 141 Å². The zero-order valence-corrected chi connectivity index (χ0v) is 13.8. The zero-order valence-electron chi connectivity index (χ0n) is 13.8. The molecule has 1 aromatic carbocycles. The van der Waals surface area contributed by atoms with E-state index in [1.165, 1.54) is 0 Å². The fourth-order valence-corrected chi connectivity index (χ4v) is 2.81. The second kappa shape index (κ2) is 7.88. The number of benzene rings is 1. The van der Waals surface area contributed by atoms with Gasteiger partial charge < -0.3 is 15.0 Å². The van der Waals surface area contributed by atoms with Crippen LogP contribution in [-0.4, -0.2) is 46.6 Å². The van der Waals surface area contributed by atoms with Crippen molar-refractivity contribution < 1.29 is 9.53 Å². The van der Waals surface area contributed by atoms with Gasteiger partial charge in [0, 0.05) is 43.3 Å². The highest BCUT2D eigenvalue weighted by molar-refractivity contribution is 5.95. The molecule has 1 aliphatic rings. The number of anilines is 2. The van der Waals surface area contributed by atoms with Gasteiger partial charge in [-0.05, 0) is 38.0 Å². The number of nitrogens with zero attached hydrogens (tertiary/aromatic N) is 3. The molecule has 6 heteroatoms. The van der Waals surface area contributed by atoms with Gasteiger partial charge in [0.2, 0.25) is 0 Å². The minimum atomic E-state index is 0.0239. The number of aromatic nitrogens is 2. The molecule has 6 nitrogen and oxygen atoms in total. The van der Waals surface area contributed by atoms with Crippen molar-refractivity contribution in [3.05, 3.63) is 48.4 Å². The van der Waals surface area contributed by atoms with Crippen LogP contribution < -0.4 is 5.32 Å². The molecule has 0 aliphatic carbocycles. The summed E-state index contributed by atoms with van der Waals surface area (Å²) >= 11 is 0. The second-order valence-electron chi connectivity index (χ2n) is 5.78. The first-order valence-corrected chi connectivity index (χ1v) is 8.30. The van der Waals surface area contributed by atoms with Crippen LogP contribution in [-0.2, 0) is 4.74 Å². The normalized spacial score (nSPS) is 16.8. The number of hydrogen-bond donors (Lipinski definition) is 1. The maximum absolute atomic E-state index is 12.8. The van der Waals surface area contributed by atoms with E-state index in [9.17, 15) is 4.79 Å². The van der Waals surface area contributed by atoms with Crippen LogP contribution in [0.15, 0.2) is 42.9 Å². The quantitative estimate of drug-likeness (QED) is 0.884. The van der Waals surface area contributed by atoms with Gasteiger partial charge in [-0.2, -0.15) is 0 Å². The maximum atomic E-state index is 12.8. The van der Waals surface area contributed by atoms with Gasteiger partial charge in [0.1, 0.15) is 5.82 Å². The van der Waals surface area contributed by atoms with Gasteiger partial charge in [0.25, 0.3) is 5.91 Å². The molecule has 126 valence electrons. The second-order valence-corrected chi connectivity index (χ2v) is 5.78. The fraction of sp³-hybridized carbons (Fsp3) is 0.389. The molecular weight excluding hydrogens is 304 g/mol. The Kier molecular flexibility index (Phi) is 5.38. The first-order valence-electron chi connectivity index (χ1n) is 8.30. The Bertz CT molecular complexity index is 672. The molecule has 1 aromatic heterocycles. The summed E-state index contributed by atoms with van der Waals surface area (Å²) in [5.41, 5.74) is 1.47. The average molecular weight is 326 g/mol. The van der Waals surface area contributed by atoms with E-state index in [-0.39, 0.29) is 12.0 Å².